The highest BCUT2D eigenvalue weighted by atomic mass is 16.7. The van der Waals surface area contributed by atoms with Crippen LogP contribution in [0.25, 0.3) is 6.08 Å². The van der Waals surface area contributed by atoms with Crippen molar-refractivity contribution in [3.05, 3.63) is 53.6 Å². The lowest BCUT2D eigenvalue weighted by atomic mass is 9.98. The zero-order valence-electron chi connectivity index (χ0n) is 23.8. The minimum Gasteiger partial charge on any atom is -0.504 e. The highest BCUT2D eigenvalue weighted by Gasteiger charge is 2.49. The molecule has 16 heteroatoms. The summed E-state index contributed by atoms with van der Waals surface area (Å²) in [5, 5.41) is 101. The SMILES string of the molecule is C[C@H]1O[C@H](OC[C@@H]2O[C@@H](OC[C@@H](O)c3ccc(O)c(O)c3)[C@H](O)[C@@H](O)[C@@H]2OC(=O)C=Cc2ccc(O)c(O)c2)[C@H](O)[C@H](O)[C@H]1O. The molecule has 0 aromatic heterocycles. The van der Waals surface area contributed by atoms with Crippen LogP contribution in [0.2, 0.25) is 0 Å². The number of carbonyl (C=O) groups is 1. The lowest BCUT2D eigenvalue weighted by Gasteiger charge is -2.43. The third kappa shape index (κ3) is 8.19. The predicted molar refractivity (Wildman–Crippen MR) is 148 cm³/mol. The molecule has 0 unspecified atom stereocenters. The summed E-state index contributed by atoms with van der Waals surface area (Å²) in [6.45, 7) is 0.342. The monoisotopic (exact) mass is 640 g/mol. The van der Waals surface area contributed by atoms with E-state index in [1.165, 1.54) is 37.3 Å². The van der Waals surface area contributed by atoms with Crippen LogP contribution in [0.4, 0.5) is 0 Å². The van der Waals surface area contributed by atoms with E-state index in [2.05, 4.69) is 0 Å². The van der Waals surface area contributed by atoms with E-state index in [0.717, 1.165) is 18.2 Å². The summed E-state index contributed by atoms with van der Waals surface area (Å²) in [4.78, 5) is 12.7. The molecule has 0 spiro atoms. The molecule has 0 aliphatic carbocycles. The molecule has 0 amide bonds. The Morgan fingerprint density at radius 1 is 0.800 bits per heavy atom. The van der Waals surface area contributed by atoms with Gasteiger partial charge in [0, 0.05) is 6.08 Å². The number of benzene rings is 2. The smallest absolute Gasteiger partial charge is 0.331 e. The van der Waals surface area contributed by atoms with E-state index in [1.807, 2.05) is 0 Å². The molecule has 2 heterocycles. The van der Waals surface area contributed by atoms with E-state index in [0.29, 0.717) is 5.56 Å². The fraction of sp³-hybridized carbons (Fsp3) is 0.483. The second kappa shape index (κ2) is 14.7. The Kier molecular flexibility index (Phi) is 11.2. The molecule has 11 atom stereocenters. The maximum atomic E-state index is 12.7. The molecule has 2 saturated heterocycles. The maximum absolute atomic E-state index is 12.7. The second-order valence-electron chi connectivity index (χ2n) is 10.6. The quantitative estimate of drug-likeness (QED) is 0.0802. The second-order valence-corrected chi connectivity index (χ2v) is 10.6. The van der Waals surface area contributed by atoms with Crippen molar-refractivity contribution < 1.29 is 79.5 Å². The number of phenolic OH excluding ortho intramolecular Hbond substituents is 4. The number of aliphatic hydroxyl groups excluding tert-OH is 6. The van der Waals surface area contributed by atoms with E-state index in [-0.39, 0.29) is 11.3 Å². The number of carbonyl (C=O) groups excluding carboxylic acids is 1. The van der Waals surface area contributed by atoms with Gasteiger partial charge in [-0.2, -0.15) is 0 Å². The van der Waals surface area contributed by atoms with E-state index in [9.17, 15) is 55.9 Å². The zero-order chi connectivity index (χ0) is 33.0. The predicted octanol–water partition coefficient (Wildman–Crippen LogP) is -1.53. The Morgan fingerprint density at radius 3 is 2.09 bits per heavy atom. The summed E-state index contributed by atoms with van der Waals surface area (Å²) >= 11 is 0. The molecule has 2 aliphatic rings. The minimum atomic E-state index is -1.84. The standard InChI is InChI=1S/C29H36O16/c1-12-22(36)23(37)25(39)28(43-12)42-11-20-27(45-21(35)7-3-13-2-5-15(30)17(32)8-13)24(38)26(40)29(44-20)41-10-19(34)14-4-6-16(31)18(33)9-14/h2-9,12,19-20,22-34,36-40H,10-11H2,1H3/t12-,19-,20+,22+,23-,24-,25-,26-,27-,28+,29-/m1/s1. The van der Waals surface area contributed by atoms with Gasteiger partial charge in [0.05, 0.1) is 19.3 Å². The third-order valence-corrected chi connectivity index (χ3v) is 7.34. The lowest BCUT2D eigenvalue weighted by Crippen LogP contribution is -2.62. The highest BCUT2D eigenvalue weighted by molar-refractivity contribution is 5.87. The molecule has 10 N–H and O–H groups in total. The fourth-order valence-electron chi connectivity index (χ4n) is 4.68. The van der Waals surface area contributed by atoms with Crippen LogP contribution in [0, 0.1) is 0 Å². The van der Waals surface area contributed by atoms with Gasteiger partial charge in [-0.1, -0.05) is 12.1 Å². The van der Waals surface area contributed by atoms with Crippen molar-refractivity contribution in [2.24, 2.45) is 0 Å². The van der Waals surface area contributed by atoms with E-state index >= 15 is 0 Å². The Bertz CT molecular complexity index is 1340. The summed E-state index contributed by atoms with van der Waals surface area (Å²) in [7, 11) is 0. The van der Waals surface area contributed by atoms with Crippen molar-refractivity contribution in [1.82, 2.24) is 0 Å². The molecular formula is C29H36O16. The van der Waals surface area contributed by atoms with Crippen molar-refractivity contribution in [3.8, 4) is 23.0 Å². The van der Waals surface area contributed by atoms with Crippen molar-refractivity contribution in [1.29, 1.82) is 0 Å². The first kappa shape index (κ1) is 34.3. The first-order chi connectivity index (χ1) is 21.3. The first-order valence-electron chi connectivity index (χ1n) is 13.8. The van der Waals surface area contributed by atoms with Crippen LogP contribution in [0.5, 0.6) is 23.0 Å². The van der Waals surface area contributed by atoms with Gasteiger partial charge in [-0.15, -0.1) is 0 Å². The van der Waals surface area contributed by atoms with Gasteiger partial charge in [0.1, 0.15) is 42.7 Å². The molecule has 2 fully saturated rings. The number of rotatable bonds is 10. The van der Waals surface area contributed by atoms with Crippen molar-refractivity contribution >= 4 is 12.0 Å². The van der Waals surface area contributed by atoms with Gasteiger partial charge in [-0.05, 0) is 48.4 Å². The molecule has 45 heavy (non-hydrogen) atoms. The van der Waals surface area contributed by atoms with Gasteiger partial charge in [0.15, 0.2) is 41.7 Å². The van der Waals surface area contributed by atoms with Crippen LogP contribution < -0.4 is 0 Å². The van der Waals surface area contributed by atoms with Crippen LogP contribution >= 0.6 is 0 Å². The number of phenols is 4. The average Bonchev–Trinajstić information content (AvgIpc) is 3.01. The molecule has 16 nitrogen and oxygen atoms in total. The van der Waals surface area contributed by atoms with Gasteiger partial charge in [0.2, 0.25) is 0 Å². The van der Waals surface area contributed by atoms with Crippen molar-refractivity contribution in [2.45, 2.75) is 74.4 Å². The largest absolute Gasteiger partial charge is 0.504 e. The summed E-state index contributed by atoms with van der Waals surface area (Å²) in [5.41, 5.74) is 0.463. The molecule has 2 aliphatic heterocycles. The third-order valence-electron chi connectivity index (χ3n) is 7.34. The molecule has 2 aromatic rings. The number of hydrogen-bond donors (Lipinski definition) is 10. The molecule has 2 aromatic carbocycles. The number of hydrogen-bond acceptors (Lipinski definition) is 16. The topological polar surface area (TPSA) is 266 Å². The minimum absolute atomic E-state index is 0.148. The fourth-order valence-corrected chi connectivity index (χ4v) is 4.68. The van der Waals surface area contributed by atoms with E-state index in [1.54, 1.807) is 0 Å². The van der Waals surface area contributed by atoms with Crippen LogP contribution in [-0.2, 0) is 28.5 Å². The van der Waals surface area contributed by atoms with Gasteiger partial charge < -0.3 is 74.7 Å². The van der Waals surface area contributed by atoms with Crippen LogP contribution in [-0.4, -0.2) is 132 Å². The summed E-state index contributed by atoms with van der Waals surface area (Å²) in [5.74, 6) is -2.73. The lowest BCUT2D eigenvalue weighted by molar-refractivity contribution is -0.330. The Hall–Kier alpha value is -3.55. The van der Waals surface area contributed by atoms with E-state index in [4.69, 9.17) is 23.7 Å². The average molecular weight is 641 g/mol. The number of aromatic hydroxyl groups is 4. The molecule has 0 saturated carbocycles. The van der Waals surface area contributed by atoms with Crippen LogP contribution in [0.3, 0.4) is 0 Å². The van der Waals surface area contributed by atoms with Gasteiger partial charge in [-0.3, -0.25) is 0 Å². The van der Waals surface area contributed by atoms with Crippen molar-refractivity contribution in [2.75, 3.05) is 13.2 Å². The van der Waals surface area contributed by atoms with Gasteiger partial charge in [0.25, 0.3) is 0 Å². The molecule has 0 radical (unpaired) electrons. The molecule has 0 bridgehead atoms. The summed E-state index contributed by atoms with van der Waals surface area (Å²) < 4.78 is 27.5. The molecule has 4 rings (SSSR count). The Labute approximate surface area is 256 Å². The van der Waals surface area contributed by atoms with Crippen molar-refractivity contribution in [3.63, 3.8) is 0 Å². The Morgan fingerprint density at radius 2 is 1.42 bits per heavy atom. The summed E-state index contributed by atoms with van der Waals surface area (Å²) in [6, 6.07) is 7.33. The Balaban J connectivity index is 1.48. The maximum Gasteiger partial charge on any atom is 0.331 e. The highest BCUT2D eigenvalue weighted by Crippen LogP contribution is 2.31. The molecule has 248 valence electrons. The summed E-state index contributed by atoms with van der Waals surface area (Å²) in [6.07, 6.45) is -14.6. The van der Waals surface area contributed by atoms with E-state index < -0.39 is 104 Å². The van der Waals surface area contributed by atoms with Crippen LogP contribution in [0.1, 0.15) is 24.2 Å². The van der Waals surface area contributed by atoms with Gasteiger partial charge >= 0.3 is 5.97 Å². The molecular weight excluding hydrogens is 604 g/mol. The number of esters is 1. The normalized spacial score (nSPS) is 32.8. The first-order valence-corrected chi connectivity index (χ1v) is 13.8. The number of ether oxygens (including phenoxy) is 5. The number of aliphatic hydroxyl groups is 6. The zero-order valence-corrected chi connectivity index (χ0v) is 23.8. The van der Waals surface area contributed by atoms with Crippen LogP contribution in [0.15, 0.2) is 42.5 Å². The van der Waals surface area contributed by atoms with Gasteiger partial charge in [-0.25, -0.2) is 4.79 Å².